The largest absolute Gasteiger partial charge is 0.487 e. The second kappa shape index (κ2) is 8.82. The first-order valence-corrected chi connectivity index (χ1v) is 12.0. The van der Waals surface area contributed by atoms with E-state index in [2.05, 4.69) is 30.7 Å². The number of nitrogen functional groups attached to an aromatic ring is 1. The molecule has 9 nitrogen and oxygen atoms in total. The number of benzene rings is 1. The number of ether oxygens (including phenoxy) is 1. The molecule has 186 valence electrons. The van der Waals surface area contributed by atoms with Gasteiger partial charge in [-0.25, -0.2) is 14.8 Å². The second-order valence-electron chi connectivity index (χ2n) is 10.1. The summed E-state index contributed by atoms with van der Waals surface area (Å²) in [5.41, 5.74) is 8.13. The zero-order chi connectivity index (χ0) is 25.5. The van der Waals surface area contributed by atoms with Crippen molar-refractivity contribution >= 4 is 17.4 Å². The first kappa shape index (κ1) is 23.6. The molecule has 5 rings (SSSR count). The topological polar surface area (TPSA) is 119 Å². The molecule has 0 bridgehead atoms. The second-order valence-corrected chi connectivity index (χ2v) is 10.1. The molecular formula is C27H30N6O3. The van der Waals surface area contributed by atoms with Crippen LogP contribution < -0.4 is 10.5 Å². The summed E-state index contributed by atoms with van der Waals surface area (Å²) in [4.78, 5) is 27.6. The highest BCUT2D eigenvalue weighted by molar-refractivity contribution is 5.85. The molecule has 1 unspecified atom stereocenters. The standard InChI is InChI=1S/C27H30N6O3/c1-26(2,3)27(12-6-15-33(27)25(34)35)24-31-21(22-23(28)30-14-16-32(22)24)18-8-10-20(11-9-18)36-17-19-7-4-5-13-29-19/h4-5,7-11,13-14,16H,6,12,15,17H2,1-3H3,(H2,28,30)(H,34,35). The summed E-state index contributed by atoms with van der Waals surface area (Å²) >= 11 is 0. The molecule has 9 heteroatoms. The van der Waals surface area contributed by atoms with Gasteiger partial charge >= 0.3 is 6.09 Å². The normalized spacial score (nSPS) is 18.0. The molecule has 1 aromatic carbocycles. The van der Waals surface area contributed by atoms with Crippen LogP contribution in [0.1, 0.15) is 45.1 Å². The molecule has 1 fully saturated rings. The van der Waals surface area contributed by atoms with Crippen LogP contribution in [0.2, 0.25) is 0 Å². The van der Waals surface area contributed by atoms with Crippen molar-refractivity contribution in [1.82, 2.24) is 24.3 Å². The molecule has 4 aromatic rings. The van der Waals surface area contributed by atoms with Gasteiger partial charge in [-0.15, -0.1) is 0 Å². The fraction of sp³-hybridized carbons (Fsp3) is 0.333. The predicted octanol–water partition coefficient (Wildman–Crippen LogP) is 4.97. The minimum absolute atomic E-state index is 0.339. The molecule has 3 aromatic heterocycles. The number of rotatable bonds is 5. The third-order valence-corrected chi connectivity index (χ3v) is 7.05. The third-order valence-electron chi connectivity index (χ3n) is 7.05. The van der Waals surface area contributed by atoms with Gasteiger partial charge in [-0.1, -0.05) is 26.8 Å². The lowest BCUT2D eigenvalue weighted by Crippen LogP contribution is -2.53. The van der Waals surface area contributed by atoms with Gasteiger partial charge in [-0.2, -0.15) is 0 Å². The number of carboxylic acid groups (broad SMARTS) is 1. The highest BCUT2D eigenvalue weighted by Gasteiger charge is 2.56. The van der Waals surface area contributed by atoms with E-state index < -0.39 is 17.0 Å². The summed E-state index contributed by atoms with van der Waals surface area (Å²) in [6, 6.07) is 13.3. The highest BCUT2D eigenvalue weighted by atomic mass is 16.5. The molecule has 36 heavy (non-hydrogen) atoms. The number of pyridine rings is 1. The minimum Gasteiger partial charge on any atom is -0.487 e. The van der Waals surface area contributed by atoms with Gasteiger partial charge < -0.3 is 15.6 Å². The molecule has 0 spiro atoms. The maximum absolute atomic E-state index is 12.4. The van der Waals surface area contributed by atoms with Gasteiger partial charge in [0.2, 0.25) is 0 Å². The van der Waals surface area contributed by atoms with Crippen molar-refractivity contribution in [2.45, 2.75) is 45.8 Å². The van der Waals surface area contributed by atoms with Crippen molar-refractivity contribution in [3.63, 3.8) is 0 Å². The van der Waals surface area contributed by atoms with Gasteiger partial charge in [0.25, 0.3) is 0 Å². The monoisotopic (exact) mass is 486 g/mol. The molecule has 0 saturated carbocycles. The number of likely N-dealkylation sites (tertiary alicyclic amines) is 1. The number of carbonyl (C=O) groups is 1. The lowest BCUT2D eigenvalue weighted by atomic mass is 9.71. The minimum atomic E-state index is -0.947. The quantitative estimate of drug-likeness (QED) is 0.409. The zero-order valence-corrected chi connectivity index (χ0v) is 20.7. The van der Waals surface area contributed by atoms with Gasteiger partial charge in [0.05, 0.1) is 5.69 Å². The summed E-state index contributed by atoms with van der Waals surface area (Å²) in [6.07, 6.45) is 5.66. The van der Waals surface area contributed by atoms with Crippen molar-refractivity contribution in [3.05, 3.63) is 72.6 Å². The summed E-state index contributed by atoms with van der Waals surface area (Å²) in [7, 11) is 0. The van der Waals surface area contributed by atoms with Crippen LogP contribution in [0.15, 0.2) is 61.1 Å². The number of fused-ring (bicyclic) bond motifs is 1. The molecule has 1 atom stereocenters. The Labute approximate surface area is 209 Å². The van der Waals surface area contributed by atoms with Crippen LogP contribution in [0.5, 0.6) is 5.75 Å². The zero-order valence-electron chi connectivity index (χ0n) is 20.7. The fourth-order valence-corrected chi connectivity index (χ4v) is 5.33. The van der Waals surface area contributed by atoms with Crippen LogP contribution in [0.4, 0.5) is 10.6 Å². The van der Waals surface area contributed by atoms with Gasteiger partial charge in [0.15, 0.2) is 0 Å². The van der Waals surface area contributed by atoms with Gasteiger partial charge in [-0.05, 0) is 54.7 Å². The SMILES string of the molecule is CC(C)(C)C1(c2nc(-c3ccc(OCc4ccccn4)cc3)c3c(N)nccn23)CCCN1C(=O)O. The number of anilines is 1. The Hall–Kier alpha value is -4.14. The molecule has 0 radical (unpaired) electrons. The first-order chi connectivity index (χ1) is 17.2. The van der Waals surface area contributed by atoms with E-state index in [1.165, 1.54) is 4.90 Å². The summed E-state index contributed by atoms with van der Waals surface area (Å²) in [6.45, 7) is 7.02. The van der Waals surface area contributed by atoms with Crippen molar-refractivity contribution in [1.29, 1.82) is 0 Å². The molecule has 3 N–H and O–H groups in total. The maximum atomic E-state index is 12.4. The number of hydrogen-bond donors (Lipinski definition) is 2. The van der Waals surface area contributed by atoms with Gasteiger partial charge in [0, 0.05) is 30.7 Å². The Bertz CT molecular complexity index is 1400. The van der Waals surface area contributed by atoms with Gasteiger partial charge in [-0.3, -0.25) is 14.3 Å². The lowest BCUT2D eigenvalue weighted by molar-refractivity contribution is 0.0207. The molecule has 1 aliphatic heterocycles. The maximum Gasteiger partial charge on any atom is 0.408 e. The Morgan fingerprint density at radius 2 is 1.92 bits per heavy atom. The first-order valence-electron chi connectivity index (χ1n) is 12.0. The molecule has 1 saturated heterocycles. The van der Waals surface area contributed by atoms with Gasteiger partial charge in [0.1, 0.15) is 40.7 Å². The van der Waals surface area contributed by atoms with E-state index in [-0.39, 0.29) is 0 Å². The van der Waals surface area contributed by atoms with Crippen molar-refractivity contribution < 1.29 is 14.6 Å². The van der Waals surface area contributed by atoms with E-state index in [0.717, 1.165) is 17.7 Å². The molecular weight excluding hydrogens is 456 g/mol. The Morgan fingerprint density at radius 3 is 2.58 bits per heavy atom. The van der Waals surface area contributed by atoms with Crippen LogP contribution in [0, 0.1) is 5.41 Å². The van der Waals surface area contributed by atoms with E-state index in [1.54, 1.807) is 12.4 Å². The smallest absolute Gasteiger partial charge is 0.408 e. The van der Waals surface area contributed by atoms with E-state index in [1.807, 2.05) is 53.1 Å². The number of hydrogen-bond acceptors (Lipinski definition) is 6. The molecule has 4 heterocycles. The van der Waals surface area contributed by atoms with E-state index in [4.69, 9.17) is 15.5 Å². The Kier molecular flexibility index (Phi) is 5.78. The fourth-order valence-electron chi connectivity index (χ4n) is 5.33. The van der Waals surface area contributed by atoms with Crippen molar-refractivity contribution in [3.8, 4) is 17.0 Å². The average Bonchev–Trinajstić information content (AvgIpc) is 3.47. The molecule has 1 aliphatic rings. The average molecular weight is 487 g/mol. The van der Waals surface area contributed by atoms with Crippen LogP contribution in [-0.4, -0.2) is 42.0 Å². The van der Waals surface area contributed by atoms with E-state index >= 15 is 0 Å². The number of nitrogens with zero attached hydrogens (tertiary/aromatic N) is 5. The van der Waals surface area contributed by atoms with Crippen molar-refractivity contribution in [2.24, 2.45) is 5.41 Å². The predicted molar refractivity (Wildman–Crippen MR) is 137 cm³/mol. The highest BCUT2D eigenvalue weighted by Crippen LogP contribution is 2.51. The summed E-state index contributed by atoms with van der Waals surface area (Å²) < 4.78 is 7.80. The van der Waals surface area contributed by atoms with Crippen LogP contribution >= 0.6 is 0 Å². The number of imidazole rings is 1. The summed E-state index contributed by atoms with van der Waals surface area (Å²) in [5, 5.41) is 10.1. The molecule has 0 aliphatic carbocycles. The van der Waals surface area contributed by atoms with Crippen molar-refractivity contribution in [2.75, 3.05) is 12.3 Å². The summed E-state index contributed by atoms with van der Waals surface area (Å²) in [5.74, 6) is 1.70. The van der Waals surface area contributed by atoms with E-state index in [9.17, 15) is 9.90 Å². The molecule has 1 amide bonds. The van der Waals surface area contributed by atoms with E-state index in [0.29, 0.717) is 48.2 Å². The number of aromatic nitrogens is 4. The van der Waals surface area contributed by atoms with Crippen LogP contribution in [0.3, 0.4) is 0 Å². The third kappa shape index (κ3) is 3.80. The Morgan fingerprint density at radius 1 is 1.14 bits per heavy atom. The lowest BCUT2D eigenvalue weighted by Gasteiger charge is -2.46. The van der Waals surface area contributed by atoms with Crippen LogP contribution in [0.25, 0.3) is 16.8 Å². The number of nitrogens with two attached hydrogens (primary N) is 1. The Balaban J connectivity index is 1.59. The van der Waals surface area contributed by atoms with Crippen LogP contribution in [-0.2, 0) is 12.1 Å². The number of amides is 1.